The van der Waals surface area contributed by atoms with Crippen LogP contribution in [-0.4, -0.2) is 21.7 Å². The normalized spacial score (nSPS) is 11.7. The Balaban J connectivity index is 2.38. The molecule has 1 unspecified atom stereocenters. The quantitative estimate of drug-likeness (QED) is 0.723. The molecule has 15 heavy (non-hydrogen) atoms. The first-order valence-electron chi connectivity index (χ1n) is 4.99. The van der Waals surface area contributed by atoms with E-state index in [1.807, 2.05) is 6.92 Å². The smallest absolute Gasteiger partial charge is 0.242 e. The molecule has 1 amide bonds. The van der Waals surface area contributed by atoms with Gasteiger partial charge < -0.3 is 5.32 Å². The number of carbonyl (C=O) groups is 1. The molecule has 4 heteroatoms. The van der Waals surface area contributed by atoms with E-state index in [9.17, 15) is 4.79 Å². The fourth-order valence-corrected chi connectivity index (χ4v) is 1.27. The van der Waals surface area contributed by atoms with E-state index < -0.39 is 0 Å². The van der Waals surface area contributed by atoms with Crippen molar-refractivity contribution in [2.24, 2.45) is 0 Å². The van der Waals surface area contributed by atoms with E-state index in [0.717, 1.165) is 12.8 Å². The van der Waals surface area contributed by atoms with E-state index in [0.29, 0.717) is 0 Å². The number of rotatable bonds is 5. The molecule has 1 heterocycles. The molecule has 1 rings (SSSR count). The van der Waals surface area contributed by atoms with E-state index in [4.69, 9.17) is 6.42 Å². The number of hydrogen-bond donors (Lipinski definition) is 1. The maximum Gasteiger partial charge on any atom is 0.242 e. The number of amides is 1. The van der Waals surface area contributed by atoms with Gasteiger partial charge in [-0.1, -0.05) is 19.3 Å². The van der Waals surface area contributed by atoms with Crippen LogP contribution in [0.25, 0.3) is 0 Å². The monoisotopic (exact) mass is 205 g/mol. The lowest BCUT2D eigenvalue weighted by atomic mass is 10.2. The van der Waals surface area contributed by atoms with Gasteiger partial charge in [0.2, 0.25) is 5.91 Å². The summed E-state index contributed by atoms with van der Waals surface area (Å²) in [6, 6.07) is 1.61. The Morgan fingerprint density at radius 3 is 3.07 bits per heavy atom. The van der Waals surface area contributed by atoms with Gasteiger partial charge >= 0.3 is 0 Å². The zero-order chi connectivity index (χ0) is 11.1. The van der Waals surface area contributed by atoms with Crippen molar-refractivity contribution in [3.8, 4) is 12.3 Å². The zero-order valence-corrected chi connectivity index (χ0v) is 8.81. The van der Waals surface area contributed by atoms with Gasteiger partial charge in [-0.15, -0.1) is 6.42 Å². The molecule has 4 nitrogen and oxygen atoms in total. The van der Waals surface area contributed by atoms with Crippen LogP contribution in [0.3, 0.4) is 0 Å². The number of aromatic nitrogens is 2. The van der Waals surface area contributed by atoms with Crippen LogP contribution < -0.4 is 5.32 Å². The molecular weight excluding hydrogens is 190 g/mol. The molecule has 0 aliphatic heterocycles. The van der Waals surface area contributed by atoms with Gasteiger partial charge in [0.25, 0.3) is 0 Å². The third-order valence-corrected chi connectivity index (χ3v) is 1.98. The van der Waals surface area contributed by atoms with Crippen LogP contribution in [0.1, 0.15) is 19.8 Å². The van der Waals surface area contributed by atoms with Crippen molar-refractivity contribution in [3.05, 3.63) is 18.5 Å². The Morgan fingerprint density at radius 2 is 2.53 bits per heavy atom. The van der Waals surface area contributed by atoms with Crippen LogP contribution in [0.15, 0.2) is 18.5 Å². The third-order valence-electron chi connectivity index (χ3n) is 1.98. The Morgan fingerprint density at radius 1 is 1.73 bits per heavy atom. The van der Waals surface area contributed by atoms with Crippen molar-refractivity contribution >= 4 is 5.91 Å². The molecule has 0 fully saturated rings. The second-order valence-electron chi connectivity index (χ2n) is 3.28. The molecule has 0 spiro atoms. The molecule has 0 aromatic carbocycles. The predicted molar refractivity (Wildman–Crippen MR) is 57.9 cm³/mol. The molecule has 0 bridgehead atoms. The molecule has 1 atom stereocenters. The van der Waals surface area contributed by atoms with Crippen LogP contribution in [0.4, 0.5) is 0 Å². The second-order valence-corrected chi connectivity index (χ2v) is 3.28. The Kier molecular flexibility index (Phi) is 4.42. The minimum absolute atomic E-state index is 0.102. The number of nitrogens with one attached hydrogen (secondary N) is 1. The van der Waals surface area contributed by atoms with Gasteiger partial charge in [-0.2, -0.15) is 5.10 Å². The molecule has 0 saturated heterocycles. The van der Waals surface area contributed by atoms with E-state index in [-0.39, 0.29) is 18.5 Å². The first kappa shape index (κ1) is 11.3. The third kappa shape index (κ3) is 3.86. The van der Waals surface area contributed by atoms with Crippen molar-refractivity contribution in [1.29, 1.82) is 0 Å². The summed E-state index contributed by atoms with van der Waals surface area (Å²) in [6.45, 7) is 2.25. The van der Waals surface area contributed by atoms with Gasteiger partial charge in [0.1, 0.15) is 6.54 Å². The maximum atomic E-state index is 11.5. The minimum atomic E-state index is -0.168. The fraction of sp³-hybridized carbons (Fsp3) is 0.455. The Hall–Kier alpha value is -1.76. The van der Waals surface area contributed by atoms with E-state index in [1.54, 1.807) is 23.1 Å². The molecule has 1 N–H and O–H groups in total. The topological polar surface area (TPSA) is 46.9 Å². The van der Waals surface area contributed by atoms with Crippen molar-refractivity contribution in [2.75, 3.05) is 0 Å². The lowest BCUT2D eigenvalue weighted by Gasteiger charge is -2.11. The Labute approximate surface area is 89.7 Å². The average molecular weight is 205 g/mol. The van der Waals surface area contributed by atoms with E-state index in [2.05, 4.69) is 16.3 Å². The van der Waals surface area contributed by atoms with Gasteiger partial charge in [-0.25, -0.2) is 0 Å². The summed E-state index contributed by atoms with van der Waals surface area (Å²) in [7, 11) is 0. The maximum absolute atomic E-state index is 11.5. The molecular formula is C11H15N3O. The van der Waals surface area contributed by atoms with Gasteiger partial charge in [-0.3, -0.25) is 9.48 Å². The minimum Gasteiger partial charge on any atom is -0.341 e. The molecule has 1 aromatic heterocycles. The summed E-state index contributed by atoms with van der Waals surface area (Å²) in [6.07, 6.45) is 10.4. The first-order valence-corrected chi connectivity index (χ1v) is 4.99. The molecule has 0 aliphatic carbocycles. The average Bonchev–Trinajstić information content (AvgIpc) is 2.69. The molecule has 1 aromatic rings. The van der Waals surface area contributed by atoms with E-state index >= 15 is 0 Å². The highest BCUT2D eigenvalue weighted by atomic mass is 16.2. The van der Waals surface area contributed by atoms with Crippen LogP contribution >= 0.6 is 0 Å². The lowest BCUT2D eigenvalue weighted by Crippen LogP contribution is -2.36. The predicted octanol–water partition coefficient (Wildman–Crippen LogP) is 0.801. The highest BCUT2D eigenvalue weighted by Crippen LogP contribution is 1.95. The van der Waals surface area contributed by atoms with E-state index in [1.165, 1.54) is 0 Å². The summed E-state index contributed by atoms with van der Waals surface area (Å²) in [5, 5.41) is 6.71. The highest BCUT2D eigenvalue weighted by Gasteiger charge is 2.08. The molecule has 0 radical (unpaired) electrons. The number of carbonyl (C=O) groups excluding carboxylic acids is 1. The fourth-order valence-electron chi connectivity index (χ4n) is 1.27. The van der Waals surface area contributed by atoms with Crippen molar-refractivity contribution in [1.82, 2.24) is 15.1 Å². The molecule has 80 valence electrons. The number of nitrogens with zero attached hydrogens (tertiary/aromatic N) is 2. The SMILES string of the molecule is C#CC(CCC)NC(=O)Cn1cccn1. The standard InChI is InChI=1S/C11H15N3O/c1-3-6-10(4-2)13-11(15)9-14-8-5-7-12-14/h2,5,7-8,10H,3,6,9H2,1H3,(H,13,15). The number of terminal acetylenes is 1. The van der Waals surface area contributed by atoms with Crippen LogP contribution in [-0.2, 0) is 11.3 Å². The zero-order valence-electron chi connectivity index (χ0n) is 8.81. The summed E-state index contributed by atoms with van der Waals surface area (Å²) in [4.78, 5) is 11.5. The van der Waals surface area contributed by atoms with Gasteiger partial charge in [0.05, 0.1) is 6.04 Å². The van der Waals surface area contributed by atoms with Crippen molar-refractivity contribution < 1.29 is 4.79 Å². The van der Waals surface area contributed by atoms with Gasteiger partial charge in [0.15, 0.2) is 0 Å². The van der Waals surface area contributed by atoms with Crippen LogP contribution in [0.5, 0.6) is 0 Å². The van der Waals surface area contributed by atoms with Crippen LogP contribution in [0.2, 0.25) is 0 Å². The largest absolute Gasteiger partial charge is 0.341 e. The highest BCUT2D eigenvalue weighted by molar-refractivity contribution is 5.76. The van der Waals surface area contributed by atoms with Crippen molar-refractivity contribution in [3.63, 3.8) is 0 Å². The van der Waals surface area contributed by atoms with Crippen molar-refractivity contribution in [2.45, 2.75) is 32.4 Å². The molecule has 0 aliphatic rings. The summed E-state index contributed by atoms with van der Waals surface area (Å²) >= 11 is 0. The van der Waals surface area contributed by atoms with Gasteiger partial charge in [0, 0.05) is 12.4 Å². The Bertz CT molecular complexity index is 337. The lowest BCUT2D eigenvalue weighted by molar-refractivity contribution is -0.122. The van der Waals surface area contributed by atoms with Crippen LogP contribution in [0, 0.1) is 12.3 Å². The molecule has 0 saturated carbocycles. The number of hydrogen-bond acceptors (Lipinski definition) is 2. The van der Waals surface area contributed by atoms with Gasteiger partial charge in [-0.05, 0) is 12.5 Å². The summed E-state index contributed by atoms with van der Waals surface area (Å²) < 4.78 is 1.56. The summed E-state index contributed by atoms with van der Waals surface area (Å²) in [5.74, 6) is 2.45. The summed E-state index contributed by atoms with van der Waals surface area (Å²) in [5.41, 5.74) is 0. The second kappa shape index (κ2) is 5.86. The first-order chi connectivity index (χ1) is 7.26.